The van der Waals surface area contributed by atoms with Crippen LogP contribution >= 0.6 is 11.6 Å². The van der Waals surface area contributed by atoms with Gasteiger partial charge in [-0.3, -0.25) is 0 Å². The van der Waals surface area contributed by atoms with Crippen LogP contribution in [0.5, 0.6) is 11.5 Å². The Hall–Kier alpha value is -7.47. The van der Waals surface area contributed by atoms with Gasteiger partial charge < -0.3 is 18.8 Å². The molecule has 2 aliphatic rings. The van der Waals surface area contributed by atoms with Crippen LogP contribution in [0.2, 0.25) is 5.02 Å². The molecule has 0 saturated heterocycles. The van der Waals surface area contributed by atoms with Crippen molar-refractivity contribution in [2.24, 2.45) is 0 Å². The third-order valence-electron chi connectivity index (χ3n) is 15.5. The molecule has 2 aromatic heterocycles. The zero-order valence-electron chi connectivity index (χ0n) is 42.5. The van der Waals surface area contributed by atoms with E-state index < -0.39 is 0 Å². The molecule has 72 heavy (non-hydrogen) atoms. The number of rotatable bonds is 4. The Labute approximate surface area is 428 Å². The number of nitrogens with zero attached hydrogens (tertiary/aromatic N) is 3. The van der Waals surface area contributed by atoms with E-state index in [1.165, 1.54) is 54.7 Å². The lowest BCUT2D eigenvalue weighted by atomic mass is 9.34. The van der Waals surface area contributed by atoms with Crippen LogP contribution in [0.15, 0.2) is 182 Å². The molecule has 0 unspecified atom stereocenters. The predicted octanol–water partition coefficient (Wildman–Crippen LogP) is 16.5. The molecule has 0 radical (unpaired) electrons. The summed E-state index contributed by atoms with van der Waals surface area (Å²) in [7, 11) is 0. The fourth-order valence-corrected chi connectivity index (χ4v) is 11.9. The lowest BCUT2D eigenvalue weighted by Crippen LogP contribution is -2.59. The van der Waals surface area contributed by atoms with Crippen LogP contribution in [-0.4, -0.2) is 15.8 Å². The average Bonchev–Trinajstić information content (AvgIpc) is 3.87. The second kappa shape index (κ2) is 15.8. The molecule has 9 aromatic carbocycles. The van der Waals surface area contributed by atoms with Gasteiger partial charge in [-0.15, -0.1) is 0 Å². The molecule has 0 fully saturated rings. The highest BCUT2D eigenvalue weighted by Crippen LogP contribution is 2.48. The number of aromatic nitrogens is 2. The highest BCUT2D eigenvalue weighted by atomic mass is 35.5. The van der Waals surface area contributed by atoms with Crippen LogP contribution < -0.4 is 26.0 Å². The summed E-state index contributed by atoms with van der Waals surface area (Å²) >= 11 is 7.34. The van der Waals surface area contributed by atoms with Gasteiger partial charge in [0.15, 0.2) is 0 Å². The Morgan fingerprint density at radius 1 is 0.403 bits per heavy atom. The van der Waals surface area contributed by atoms with Gasteiger partial charge in [0.2, 0.25) is 0 Å². The molecular weight excluding hydrogens is 897 g/mol. The number of hydrogen-bond acceptors (Lipinski definition) is 2. The smallest absolute Gasteiger partial charge is 0.256 e. The summed E-state index contributed by atoms with van der Waals surface area (Å²) in [5.74, 6) is 1.60. The molecule has 13 rings (SSSR count). The topological polar surface area (TPSA) is 22.3 Å². The van der Waals surface area contributed by atoms with E-state index in [1.54, 1.807) is 0 Å². The first-order valence-electron chi connectivity index (χ1n) is 25.4. The lowest BCUT2D eigenvalue weighted by Gasteiger charge is -2.41. The first-order valence-corrected chi connectivity index (χ1v) is 25.8. The van der Waals surface area contributed by atoms with Crippen molar-refractivity contribution in [1.82, 2.24) is 9.13 Å². The summed E-state index contributed by atoms with van der Waals surface area (Å²) in [6, 6.07) is 67.5. The van der Waals surface area contributed by atoms with Crippen molar-refractivity contribution >= 4 is 95.4 Å². The molecule has 0 bridgehead atoms. The summed E-state index contributed by atoms with van der Waals surface area (Å²) in [6.07, 6.45) is 0. The summed E-state index contributed by atoms with van der Waals surface area (Å²) in [5, 5.41) is 5.60. The second-order valence-corrected chi connectivity index (χ2v) is 23.6. The van der Waals surface area contributed by atoms with Crippen molar-refractivity contribution in [3.63, 3.8) is 0 Å². The summed E-state index contributed by atoms with van der Waals surface area (Å²) in [5.41, 5.74) is 19.6. The zero-order valence-corrected chi connectivity index (χ0v) is 43.3. The molecule has 0 atom stereocenters. The largest absolute Gasteiger partial charge is 0.458 e. The van der Waals surface area contributed by atoms with E-state index in [0.29, 0.717) is 5.02 Å². The molecule has 0 saturated carbocycles. The number of hydrogen-bond donors (Lipinski definition) is 0. The van der Waals surface area contributed by atoms with Gasteiger partial charge in [-0.2, -0.15) is 0 Å². The van der Waals surface area contributed by atoms with Crippen LogP contribution in [0.25, 0.3) is 66.1 Å². The van der Waals surface area contributed by atoms with Crippen LogP contribution in [0.4, 0.5) is 17.1 Å². The number of fused-ring (bicyclic) bond motifs is 10. The van der Waals surface area contributed by atoms with Gasteiger partial charge in [0, 0.05) is 60.9 Å². The van der Waals surface area contributed by atoms with Gasteiger partial charge >= 0.3 is 0 Å². The highest BCUT2D eigenvalue weighted by Gasteiger charge is 2.43. The minimum absolute atomic E-state index is 0.00664. The van der Waals surface area contributed by atoms with E-state index in [0.717, 1.165) is 73.0 Å². The monoisotopic (exact) mass is 953 g/mol. The van der Waals surface area contributed by atoms with Crippen LogP contribution in [0, 0.1) is 0 Å². The zero-order chi connectivity index (χ0) is 49.6. The van der Waals surface area contributed by atoms with Gasteiger partial charge in [-0.25, -0.2) is 0 Å². The molecule has 0 spiro atoms. The fourth-order valence-electron chi connectivity index (χ4n) is 11.7. The molecule has 0 amide bonds. The molecule has 4 nitrogen and oxygen atoms in total. The SMILES string of the molecule is CC(C)(C)c1ccc(N2c3cc(-n4c5ccc(C(C)(C)C)cc5c5cc(C(C)(C)C)ccc54)ccc3B3c4ccc(-n5c6ccccc6c6ccccc65)cc4Oc4cc(Cl)cc2c43)c(-c2ccccc2)c1. The van der Waals surface area contributed by atoms with E-state index in [1.807, 2.05) is 6.07 Å². The Kier molecular flexibility index (Phi) is 9.74. The van der Waals surface area contributed by atoms with Gasteiger partial charge in [-0.05, 0) is 134 Å². The third kappa shape index (κ3) is 6.88. The normalized spacial score (nSPS) is 13.5. The third-order valence-corrected chi connectivity index (χ3v) is 15.7. The maximum Gasteiger partial charge on any atom is 0.256 e. The first-order chi connectivity index (χ1) is 34.5. The molecule has 0 N–H and O–H groups in total. The summed E-state index contributed by atoms with van der Waals surface area (Å²) in [6.45, 7) is 20.6. The van der Waals surface area contributed by atoms with E-state index in [4.69, 9.17) is 16.3 Å². The Bertz CT molecular complexity index is 3920. The van der Waals surface area contributed by atoms with Crippen molar-refractivity contribution in [2.75, 3.05) is 4.90 Å². The second-order valence-electron chi connectivity index (χ2n) is 23.2. The minimum atomic E-state index is -0.139. The van der Waals surface area contributed by atoms with Crippen molar-refractivity contribution in [3.8, 4) is 34.0 Å². The molecule has 6 heteroatoms. The fraction of sp³-hybridized carbons (Fsp3) is 0.182. The van der Waals surface area contributed by atoms with E-state index in [9.17, 15) is 0 Å². The maximum atomic E-state index is 7.34. The molecule has 11 aromatic rings. The minimum Gasteiger partial charge on any atom is -0.458 e. The van der Waals surface area contributed by atoms with Gasteiger partial charge in [0.25, 0.3) is 6.71 Å². The number of ether oxygens (including phenoxy) is 1. The summed E-state index contributed by atoms with van der Waals surface area (Å²) < 4.78 is 12.0. The van der Waals surface area contributed by atoms with E-state index >= 15 is 0 Å². The Balaban J connectivity index is 1.09. The van der Waals surface area contributed by atoms with Gasteiger partial charge in [-0.1, -0.05) is 171 Å². The molecule has 0 aliphatic carbocycles. The van der Waals surface area contributed by atoms with Crippen LogP contribution in [0.3, 0.4) is 0 Å². The Morgan fingerprint density at radius 3 is 1.51 bits per heavy atom. The lowest BCUT2D eigenvalue weighted by molar-refractivity contribution is 0.487. The number of benzene rings is 9. The Morgan fingerprint density at radius 2 is 0.917 bits per heavy atom. The highest BCUT2D eigenvalue weighted by molar-refractivity contribution is 6.99. The van der Waals surface area contributed by atoms with Crippen molar-refractivity contribution < 1.29 is 4.74 Å². The first kappa shape index (κ1) is 44.5. The average molecular weight is 954 g/mol. The van der Waals surface area contributed by atoms with Crippen molar-refractivity contribution in [1.29, 1.82) is 0 Å². The number of halogens is 1. The molecule has 352 valence electrons. The van der Waals surface area contributed by atoms with E-state index in [2.05, 4.69) is 252 Å². The summed E-state index contributed by atoms with van der Waals surface area (Å²) in [4.78, 5) is 2.47. The van der Waals surface area contributed by atoms with Crippen LogP contribution in [-0.2, 0) is 16.2 Å². The van der Waals surface area contributed by atoms with Gasteiger partial charge in [0.05, 0.1) is 27.8 Å². The predicted molar refractivity (Wildman–Crippen MR) is 308 cm³/mol. The number of anilines is 3. The van der Waals surface area contributed by atoms with Crippen molar-refractivity contribution in [2.45, 2.75) is 78.6 Å². The maximum absolute atomic E-state index is 7.34. The number of para-hydroxylation sites is 2. The standard InChI is InChI=1S/C66H57BClN3O/c1-64(2,3)41-23-30-56(49(33-41)40-17-11-10-12-18-40)71-59-38-45(69-57-31-24-42(65(4,5)6)34-50(57)51-35-43(66(7,8)9)25-32-58(51)69)26-28-52(59)67-53-29-27-46(39-61(53)72-62-37-44(68)36-60(71)63(62)67)70-54-21-15-13-19-47(54)48-20-14-16-22-55(48)70/h10-39H,1-9H3. The van der Waals surface area contributed by atoms with Crippen molar-refractivity contribution in [3.05, 3.63) is 204 Å². The van der Waals surface area contributed by atoms with Gasteiger partial charge in [0.1, 0.15) is 11.5 Å². The molecular formula is C66H57BClN3O. The van der Waals surface area contributed by atoms with E-state index in [-0.39, 0.29) is 23.0 Å². The molecule has 2 aliphatic heterocycles. The van der Waals surface area contributed by atoms with Crippen LogP contribution in [0.1, 0.15) is 79.0 Å². The molecule has 4 heterocycles. The quantitative estimate of drug-likeness (QED) is 0.164.